The molecule has 2 aromatic carbocycles. The second-order valence-corrected chi connectivity index (χ2v) is 7.46. The van der Waals surface area contributed by atoms with E-state index in [0.717, 1.165) is 10.9 Å². The second-order valence-electron chi connectivity index (χ2n) is 5.72. The number of methoxy groups -OCH3 is 2. The number of nitrogens with zero attached hydrogens (tertiary/aromatic N) is 1. The molecule has 0 aliphatic rings. The van der Waals surface area contributed by atoms with Crippen LogP contribution >= 0.6 is 0 Å². The summed E-state index contributed by atoms with van der Waals surface area (Å²) in [6.45, 7) is 0.264. The molecular formula is C19H20N2O4S. The Balaban J connectivity index is 1.77. The van der Waals surface area contributed by atoms with E-state index in [2.05, 4.69) is 9.71 Å². The summed E-state index contributed by atoms with van der Waals surface area (Å²) in [7, 11) is -0.469. The molecule has 0 fully saturated rings. The molecule has 0 unspecified atom stereocenters. The Bertz CT molecular complexity index is 991. The molecule has 0 saturated heterocycles. The van der Waals surface area contributed by atoms with Crippen molar-refractivity contribution in [2.75, 3.05) is 20.8 Å². The van der Waals surface area contributed by atoms with Crippen molar-refractivity contribution in [2.45, 2.75) is 11.3 Å². The van der Waals surface area contributed by atoms with Crippen molar-refractivity contribution >= 4 is 20.8 Å². The fourth-order valence-electron chi connectivity index (χ4n) is 2.75. The molecule has 3 aromatic rings. The number of sulfonamides is 1. The number of aromatic nitrogens is 1. The van der Waals surface area contributed by atoms with E-state index in [4.69, 9.17) is 9.47 Å². The fraction of sp³-hybridized carbons (Fsp3) is 0.211. The van der Waals surface area contributed by atoms with Crippen LogP contribution in [-0.2, 0) is 16.4 Å². The highest BCUT2D eigenvalue weighted by Gasteiger charge is 2.16. The summed E-state index contributed by atoms with van der Waals surface area (Å²) in [5.41, 5.74) is 0.922. The normalized spacial score (nSPS) is 11.5. The highest BCUT2D eigenvalue weighted by Crippen LogP contribution is 2.24. The Labute approximate surface area is 152 Å². The molecule has 0 bridgehead atoms. The van der Waals surface area contributed by atoms with E-state index in [0.29, 0.717) is 23.3 Å². The Kier molecular flexibility index (Phi) is 5.39. The van der Waals surface area contributed by atoms with Gasteiger partial charge < -0.3 is 9.47 Å². The smallest absolute Gasteiger partial charge is 0.241 e. The molecule has 0 atom stereocenters. The lowest BCUT2D eigenvalue weighted by Gasteiger charge is -2.11. The Morgan fingerprint density at radius 2 is 1.77 bits per heavy atom. The molecule has 7 heteroatoms. The molecule has 26 heavy (non-hydrogen) atoms. The number of rotatable bonds is 7. The minimum Gasteiger partial charge on any atom is -0.497 e. The third-order valence-corrected chi connectivity index (χ3v) is 5.57. The number of benzene rings is 2. The van der Waals surface area contributed by atoms with Gasteiger partial charge >= 0.3 is 0 Å². The maximum absolute atomic E-state index is 12.7. The van der Waals surface area contributed by atoms with Crippen LogP contribution in [0.4, 0.5) is 0 Å². The van der Waals surface area contributed by atoms with Crippen LogP contribution in [0.3, 0.4) is 0 Å². The van der Waals surface area contributed by atoms with Crippen molar-refractivity contribution in [1.82, 2.24) is 9.71 Å². The van der Waals surface area contributed by atoms with Gasteiger partial charge in [0.25, 0.3) is 0 Å². The zero-order valence-corrected chi connectivity index (χ0v) is 15.4. The average molecular weight is 372 g/mol. The van der Waals surface area contributed by atoms with E-state index in [-0.39, 0.29) is 11.4 Å². The predicted octanol–water partition coefficient (Wildman–Crippen LogP) is 2.77. The average Bonchev–Trinajstić information content (AvgIpc) is 2.67. The molecule has 1 heterocycles. The molecule has 3 rings (SSSR count). The van der Waals surface area contributed by atoms with Crippen LogP contribution in [-0.4, -0.2) is 34.2 Å². The van der Waals surface area contributed by atoms with Crippen LogP contribution in [0.5, 0.6) is 11.5 Å². The van der Waals surface area contributed by atoms with Crippen molar-refractivity contribution in [3.05, 3.63) is 60.4 Å². The molecule has 6 nitrogen and oxygen atoms in total. The summed E-state index contributed by atoms with van der Waals surface area (Å²) in [4.78, 5) is 4.28. The molecule has 1 aromatic heterocycles. The van der Waals surface area contributed by atoms with Gasteiger partial charge in [-0.05, 0) is 36.2 Å². The van der Waals surface area contributed by atoms with Crippen LogP contribution in [0.2, 0.25) is 0 Å². The van der Waals surface area contributed by atoms with E-state index in [1.54, 1.807) is 50.9 Å². The van der Waals surface area contributed by atoms with Gasteiger partial charge in [-0.1, -0.05) is 12.1 Å². The molecule has 0 amide bonds. The standard InChI is InChI=1S/C19H20N2O4S/c1-24-16-10-14(11-17(12-16)25-2)6-9-21-26(22,23)19-5-3-4-15-13-20-8-7-18(15)19/h3-5,7-8,10-13,21H,6,9H2,1-2H3. The molecule has 1 N–H and O–H groups in total. The number of hydrogen-bond donors (Lipinski definition) is 1. The van der Waals surface area contributed by atoms with E-state index >= 15 is 0 Å². The number of pyridine rings is 1. The molecule has 0 saturated carbocycles. The predicted molar refractivity (Wildman–Crippen MR) is 100 cm³/mol. The zero-order valence-electron chi connectivity index (χ0n) is 14.6. The lowest BCUT2D eigenvalue weighted by atomic mass is 10.1. The summed E-state index contributed by atoms with van der Waals surface area (Å²) in [5.74, 6) is 1.34. The van der Waals surface area contributed by atoms with Gasteiger partial charge in [0.15, 0.2) is 0 Å². The lowest BCUT2D eigenvalue weighted by Crippen LogP contribution is -2.26. The largest absolute Gasteiger partial charge is 0.497 e. The SMILES string of the molecule is COc1cc(CCNS(=O)(=O)c2cccc3cnccc23)cc(OC)c1. The summed E-state index contributed by atoms with van der Waals surface area (Å²) in [6.07, 6.45) is 3.75. The Morgan fingerprint density at radius 1 is 1.04 bits per heavy atom. The van der Waals surface area contributed by atoms with Gasteiger partial charge in [-0.25, -0.2) is 13.1 Å². The first kappa shape index (κ1) is 18.2. The monoisotopic (exact) mass is 372 g/mol. The number of nitrogens with one attached hydrogen (secondary N) is 1. The van der Waals surface area contributed by atoms with Crippen molar-refractivity contribution in [1.29, 1.82) is 0 Å². The van der Waals surface area contributed by atoms with Gasteiger partial charge in [0, 0.05) is 35.8 Å². The molecule has 0 spiro atoms. The van der Waals surface area contributed by atoms with Crippen LogP contribution in [0.1, 0.15) is 5.56 Å². The molecule has 0 aliphatic heterocycles. The first-order valence-corrected chi connectivity index (χ1v) is 9.56. The van der Waals surface area contributed by atoms with Crippen molar-refractivity contribution in [2.24, 2.45) is 0 Å². The highest BCUT2D eigenvalue weighted by molar-refractivity contribution is 7.89. The van der Waals surface area contributed by atoms with Crippen molar-refractivity contribution in [3.8, 4) is 11.5 Å². The zero-order chi connectivity index (χ0) is 18.6. The third kappa shape index (κ3) is 3.95. The van der Waals surface area contributed by atoms with Crippen LogP contribution in [0, 0.1) is 0 Å². The van der Waals surface area contributed by atoms with E-state index in [1.807, 2.05) is 18.2 Å². The van der Waals surface area contributed by atoms with Gasteiger partial charge in [0.2, 0.25) is 10.0 Å². The number of ether oxygens (including phenoxy) is 2. The summed E-state index contributed by atoms with van der Waals surface area (Å²) in [5, 5.41) is 1.44. The van der Waals surface area contributed by atoms with E-state index < -0.39 is 10.0 Å². The Morgan fingerprint density at radius 3 is 2.46 bits per heavy atom. The summed E-state index contributed by atoms with van der Waals surface area (Å²) in [6, 6.07) is 12.4. The van der Waals surface area contributed by atoms with E-state index in [9.17, 15) is 8.42 Å². The van der Waals surface area contributed by atoms with Crippen LogP contribution < -0.4 is 14.2 Å². The number of fused-ring (bicyclic) bond motifs is 1. The van der Waals surface area contributed by atoms with Crippen molar-refractivity contribution < 1.29 is 17.9 Å². The summed E-state index contributed by atoms with van der Waals surface area (Å²) >= 11 is 0. The molecule has 136 valence electrons. The van der Waals surface area contributed by atoms with Crippen LogP contribution in [0.15, 0.2) is 59.8 Å². The first-order valence-electron chi connectivity index (χ1n) is 8.08. The maximum Gasteiger partial charge on any atom is 0.241 e. The van der Waals surface area contributed by atoms with Crippen LogP contribution in [0.25, 0.3) is 10.8 Å². The van der Waals surface area contributed by atoms with E-state index in [1.165, 1.54) is 0 Å². The quantitative estimate of drug-likeness (QED) is 0.690. The number of hydrogen-bond acceptors (Lipinski definition) is 5. The minimum absolute atomic E-state index is 0.251. The Hall–Kier alpha value is -2.64. The summed E-state index contributed by atoms with van der Waals surface area (Å²) < 4.78 is 38.5. The van der Waals surface area contributed by atoms with Gasteiger partial charge in [-0.2, -0.15) is 0 Å². The molecular weight excluding hydrogens is 352 g/mol. The molecule has 0 aliphatic carbocycles. The molecule has 0 radical (unpaired) electrons. The maximum atomic E-state index is 12.7. The fourth-order valence-corrected chi connectivity index (χ4v) is 4.00. The van der Waals surface area contributed by atoms with Gasteiger partial charge in [0.1, 0.15) is 11.5 Å². The van der Waals surface area contributed by atoms with Gasteiger partial charge in [-0.3, -0.25) is 4.98 Å². The second kappa shape index (κ2) is 7.72. The first-order chi connectivity index (χ1) is 12.5. The topological polar surface area (TPSA) is 77.5 Å². The van der Waals surface area contributed by atoms with Gasteiger partial charge in [-0.15, -0.1) is 0 Å². The third-order valence-electron chi connectivity index (χ3n) is 4.05. The lowest BCUT2D eigenvalue weighted by molar-refractivity contribution is 0.393. The van der Waals surface area contributed by atoms with Crippen molar-refractivity contribution in [3.63, 3.8) is 0 Å². The van der Waals surface area contributed by atoms with Gasteiger partial charge in [0.05, 0.1) is 19.1 Å². The minimum atomic E-state index is -3.63. The highest BCUT2D eigenvalue weighted by atomic mass is 32.2.